The molecule has 0 bridgehead atoms. The average Bonchev–Trinajstić information content (AvgIpc) is 2.53. The molecule has 0 radical (unpaired) electrons. The zero-order chi connectivity index (χ0) is 15.4. The highest BCUT2D eigenvalue weighted by Crippen LogP contribution is 2.31. The van der Waals surface area contributed by atoms with E-state index in [1.807, 2.05) is 30.3 Å². The van der Waals surface area contributed by atoms with Crippen molar-refractivity contribution in [3.8, 4) is 0 Å². The molecular formula is C18H25NO3. The molecule has 0 amide bonds. The van der Waals surface area contributed by atoms with Crippen molar-refractivity contribution in [2.45, 2.75) is 37.9 Å². The molecule has 0 N–H and O–H groups in total. The first kappa shape index (κ1) is 15.7. The van der Waals surface area contributed by atoms with E-state index in [2.05, 4.69) is 11.8 Å². The van der Waals surface area contributed by atoms with Crippen LogP contribution in [0.5, 0.6) is 0 Å². The van der Waals surface area contributed by atoms with Gasteiger partial charge in [0, 0.05) is 57.7 Å². The van der Waals surface area contributed by atoms with Gasteiger partial charge < -0.3 is 9.47 Å². The van der Waals surface area contributed by atoms with Gasteiger partial charge in [0.15, 0.2) is 5.78 Å². The number of carbonyl (C=O) groups is 1. The third kappa shape index (κ3) is 3.75. The molecule has 2 heterocycles. The summed E-state index contributed by atoms with van der Waals surface area (Å²) in [5, 5.41) is 0. The molecule has 1 atom stereocenters. The van der Waals surface area contributed by atoms with Gasteiger partial charge in [-0.25, -0.2) is 0 Å². The molecule has 1 spiro atoms. The Balaban J connectivity index is 1.56. The van der Waals surface area contributed by atoms with E-state index in [1.54, 1.807) is 0 Å². The summed E-state index contributed by atoms with van der Waals surface area (Å²) in [5.74, 6) is 0.223. The molecule has 0 unspecified atom stereocenters. The summed E-state index contributed by atoms with van der Waals surface area (Å²) in [5.41, 5.74) is 0.746. The largest absolute Gasteiger partial charge is 0.381 e. The van der Waals surface area contributed by atoms with Gasteiger partial charge in [-0.15, -0.1) is 0 Å². The van der Waals surface area contributed by atoms with Gasteiger partial charge in [-0.05, 0) is 6.92 Å². The second-order valence-corrected chi connectivity index (χ2v) is 6.50. The Morgan fingerprint density at radius 3 is 2.73 bits per heavy atom. The topological polar surface area (TPSA) is 38.8 Å². The molecule has 3 rings (SSSR count). The Hall–Kier alpha value is -1.23. The molecule has 2 saturated heterocycles. The number of benzene rings is 1. The Labute approximate surface area is 132 Å². The minimum Gasteiger partial charge on any atom is -0.381 e. The second kappa shape index (κ2) is 6.90. The maximum atomic E-state index is 12.3. The number of morpholine rings is 1. The second-order valence-electron chi connectivity index (χ2n) is 6.50. The molecule has 1 aromatic carbocycles. The minimum atomic E-state index is -0.0638. The van der Waals surface area contributed by atoms with E-state index >= 15 is 0 Å². The third-order valence-corrected chi connectivity index (χ3v) is 4.63. The summed E-state index contributed by atoms with van der Waals surface area (Å²) in [6.45, 7) is 6.33. The van der Waals surface area contributed by atoms with Gasteiger partial charge in [0.05, 0.1) is 11.7 Å². The van der Waals surface area contributed by atoms with Crippen LogP contribution in [0.25, 0.3) is 0 Å². The van der Waals surface area contributed by atoms with Crippen LogP contribution in [0.4, 0.5) is 0 Å². The van der Waals surface area contributed by atoms with E-state index in [0.29, 0.717) is 6.42 Å². The number of carbonyl (C=O) groups excluding carboxylic acids is 1. The van der Waals surface area contributed by atoms with Crippen molar-refractivity contribution in [2.75, 3.05) is 32.8 Å². The third-order valence-electron chi connectivity index (χ3n) is 4.63. The Morgan fingerprint density at radius 2 is 2.00 bits per heavy atom. The summed E-state index contributed by atoms with van der Waals surface area (Å²) in [6, 6.07) is 9.56. The van der Waals surface area contributed by atoms with Crippen LogP contribution in [0.3, 0.4) is 0 Å². The molecule has 4 heteroatoms. The van der Waals surface area contributed by atoms with Crippen molar-refractivity contribution in [3.05, 3.63) is 35.9 Å². The number of rotatable bonds is 4. The summed E-state index contributed by atoms with van der Waals surface area (Å²) >= 11 is 0. The monoisotopic (exact) mass is 303 g/mol. The van der Waals surface area contributed by atoms with Crippen molar-refractivity contribution in [3.63, 3.8) is 0 Å². The van der Waals surface area contributed by atoms with Crippen LogP contribution in [0.2, 0.25) is 0 Å². The number of ketones is 1. The fourth-order valence-electron chi connectivity index (χ4n) is 3.55. The maximum Gasteiger partial charge on any atom is 0.164 e. The van der Waals surface area contributed by atoms with Gasteiger partial charge >= 0.3 is 0 Å². The van der Waals surface area contributed by atoms with E-state index in [1.165, 1.54) is 0 Å². The normalized spacial score (nSPS) is 25.2. The molecule has 0 saturated carbocycles. The van der Waals surface area contributed by atoms with Crippen LogP contribution in [0.15, 0.2) is 30.3 Å². The highest BCUT2D eigenvalue weighted by molar-refractivity contribution is 5.96. The Kier molecular flexibility index (Phi) is 4.91. The predicted octanol–water partition coefficient (Wildman–Crippen LogP) is 2.53. The van der Waals surface area contributed by atoms with Crippen molar-refractivity contribution in [1.82, 2.24) is 4.90 Å². The van der Waals surface area contributed by atoms with Crippen LogP contribution in [0.1, 0.15) is 36.5 Å². The molecule has 22 heavy (non-hydrogen) atoms. The molecule has 2 aliphatic heterocycles. The first-order valence-electron chi connectivity index (χ1n) is 8.23. The Morgan fingerprint density at radius 1 is 1.27 bits per heavy atom. The number of nitrogens with zero attached hydrogens (tertiary/aromatic N) is 1. The molecule has 2 fully saturated rings. The van der Waals surface area contributed by atoms with Crippen LogP contribution in [0, 0.1) is 0 Å². The summed E-state index contributed by atoms with van der Waals surface area (Å²) in [7, 11) is 0. The van der Waals surface area contributed by atoms with E-state index in [9.17, 15) is 4.79 Å². The van der Waals surface area contributed by atoms with E-state index < -0.39 is 0 Å². The van der Waals surface area contributed by atoms with Gasteiger partial charge in [-0.1, -0.05) is 30.3 Å². The number of hydrogen-bond donors (Lipinski definition) is 0. The number of hydrogen-bond acceptors (Lipinski definition) is 4. The lowest BCUT2D eigenvalue weighted by Crippen LogP contribution is -2.57. The highest BCUT2D eigenvalue weighted by atomic mass is 16.5. The zero-order valence-electron chi connectivity index (χ0n) is 13.3. The lowest BCUT2D eigenvalue weighted by Gasteiger charge is -2.47. The maximum absolute atomic E-state index is 12.3. The van der Waals surface area contributed by atoms with Crippen LogP contribution in [-0.2, 0) is 9.47 Å². The molecule has 1 aromatic rings. The first-order valence-corrected chi connectivity index (χ1v) is 8.23. The molecular weight excluding hydrogens is 278 g/mol. The summed E-state index contributed by atoms with van der Waals surface area (Å²) in [4.78, 5) is 14.6. The lowest BCUT2D eigenvalue weighted by molar-refractivity contribution is -0.183. The molecule has 2 aliphatic rings. The standard InChI is InChI=1S/C18H25NO3/c1-15-13-19(14-18(22-15)8-11-21-12-9-18)10-7-17(20)16-5-3-2-4-6-16/h2-6,15H,7-14H2,1H3/t15-/m1/s1. The first-order chi connectivity index (χ1) is 10.7. The van der Waals surface area contributed by atoms with E-state index in [-0.39, 0.29) is 17.5 Å². The Bertz CT molecular complexity index is 496. The predicted molar refractivity (Wildman–Crippen MR) is 85.2 cm³/mol. The van der Waals surface area contributed by atoms with Crippen molar-refractivity contribution in [2.24, 2.45) is 0 Å². The molecule has 120 valence electrons. The quantitative estimate of drug-likeness (QED) is 0.801. The summed E-state index contributed by atoms with van der Waals surface area (Å²) in [6.07, 6.45) is 2.71. The highest BCUT2D eigenvalue weighted by Gasteiger charge is 2.40. The van der Waals surface area contributed by atoms with Gasteiger partial charge in [0.1, 0.15) is 0 Å². The lowest BCUT2D eigenvalue weighted by atomic mass is 9.91. The van der Waals surface area contributed by atoms with Crippen molar-refractivity contribution < 1.29 is 14.3 Å². The van der Waals surface area contributed by atoms with Gasteiger partial charge in [-0.2, -0.15) is 0 Å². The molecule has 4 nitrogen and oxygen atoms in total. The van der Waals surface area contributed by atoms with Gasteiger partial charge in [0.25, 0.3) is 0 Å². The SMILES string of the molecule is C[C@@H]1CN(CCC(=O)c2ccccc2)CC2(CCOCC2)O1. The summed E-state index contributed by atoms with van der Waals surface area (Å²) < 4.78 is 11.7. The minimum absolute atomic E-state index is 0.0638. The smallest absolute Gasteiger partial charge is 0.164 e. The fourth-order valence-corrected chi connectivity index (χ4v) is 3.55. The van der Waals surface area contributed by atoms with Crippen LogP contribution in [-0.4, -0.2) is 55.2 Å². The van der Waals surface area contributed by atoms with Gasteiger partial charge in [-0.3, -0.25) is 9.69 Å². The molecule has 0 aromatic heterocycles. The molecule has 0 aliphatic carbocycles. The fraction of sp³-hybridized carbons (Fsp3) is 0.611. The zero-order valence-corrected chi connectivity index (χ0v) is 13.3. The average molecular weight is 303 g/mol. The van der Waals surface area contributed by atoms with Gasteiger partial charge in [0.2, 0.25) is 0 Å². The van der Waals surface area contributed by atoms with E-state index in [0.717, 1.165) is 51.3 Å². The number of ether oxygens (including phenoxy) is 2. The van der Waals surface area contributed by atoms with Crippen LogP contribution < -0.4 is 0 Å². The van der Waals surface area contributed by atoms with Crippen molar-refractivity contribution >= 4 is 5.78 Å². The number of Topliss-reactive ketones (excluding diaryl/α,β-unsaturated/α-hetero) is 1. The van der Waals surface area contributed by atoms with E-state index in [4.69, 9.17) is 9.47 Å². The van der Waals surface area contributed by atoms with Crippen molar-refractivity contribution in [1.29, 1.82) is 0 Å². The van der Waals surface area contributed by atoms with Crippen LogP contribution >= 0.6 is 0 Å².